The summed E-state index contributed by atoms with van der Waals surface area (Å²) in [6.45, 7) is 11.9. The summed E-state index contributed by atoms with van der Waals surface area (Å²) in [5, 5.41) is 3.12. The summed E-state index contributed by atoms with van der Waals surface area (Å²) in [5.74, 6) is 0.280. The second-order valence-corrected chi connectivity index (χ2v) is 5.89. The third kappa shape index (κ3) is 5.90. The number of aliphatic imine (C=N–C) groups is 1. The van der Waals surface area contributed by atoms with E-state index < -0.39 is 0 Å². The maximum absolute atomic E-state index is 13.0. The lowest BCUT2D eigenvalue weighted by molar-refractivity contribution is 0.261. The number of hydrogen-bond acceptors (Lipinski definition) is 3. The van der Waals surface area contributed by atoms with Gasteiger partial charge in [0.25, 0.3) is 0 Å². The van der Waals surface area contributed by atoms with Crippen molar-refractivity contribution in [1.29, 1.82) is 0 Å². The Kier molecular flexibility index (Phi) is 6.40. The molecule has 1 fully saturated rings. The van der Waals surface area contributed by atoms with Crippen LogP contribution < -0.4 is 16.0 Å². The number of halogens is 1. The fraction of sp³-hybridized carbons (Fsp3) is 0.471. The van der Waals surface area contributed by atoms with Crippen LogP contribution >= 0.6 is 0 Å². The average Bonchev–Trinajstić information content (AvgIpc) is 2.54. The van der Waals surface area contributed by atoms with Crippen LogP contribution in [-0.4, -0.2) is 56.7 Å². The standard InChI is InChI=1S/C17H26FN5/c1-14(2)13-21-17(19)20-7-8-22-9-11-23(12-10-22)16-5-3-15(18)4-6-16/h3-6H,1,7-13H2,2H3,(H3,19,20,21). The van der Waals surface area contributed by atoms with E-state index in [2.05, 4.69) is 26.7 Å². The molecule has 1 heterocycles. The number of guanidine groups is 1. The third-order valence-electron chi connectivity index (χ3n) is 3.82. The van der Waals surface area contributed by atoms with Crippen molar-refractivity contribution in [2.24, 2.45) is 10.7 Å². The van der Waals surface area contributed by atoms with Gasteiger partial charge in [-0.25, -0.2) is 9.38 Å². The molecule has 1 aromatic rings. The molecule has 1 aromatic carbocycles. The minimum absolute atomic E-state index is 0.190. The minimum Gasteiger partial charge on any atom is -0.370 e. The van der Waals surface area contributed by atoms with E-state index in [9.17, 15) is 4.39 Å². The molecule has 0 bridgehead atoms. The largest absolute Gasteiger partial charge is 0.370 e. The van der Waals surface area contributed by atoms with Crippen LogP contribution in [0.1, 0.15) is 6.92 Å². The van der Waals surface area contributed by atoms with Gasteiger partial charge in [-0.05, 0) is 31.2 Å². The van der Waals surface area contributed by atoms with Crippen molar-refractivity contribution in [3.63, 3.8) is 0 Å². The van der Waals surface area contributed by atoms with E-state index in [0.29, 0.717) is 12.5 Å². The Morgan fingerprint density at radius 2 is 1.91 bits per heavy atom. The maximum Gasteiger partial charge on any atom is 0.188 e. The highest BCUT2D eigenvalue weighted by molar-refractivity contribution is 5.77. The van der Waals surface area contributed by atoms with Crippen LogP contribution in [0.25, 0.3) is 0 Å². The predicted octanol–water partition coefficient (Wildman–Crippen LogP) is 1.43. The molecule has 2 rings (SSSR count). The Labute approximate surface area is 137 Å². The van der Waals surface area contributed by atoms with Crippen molar-refractivity contribution < 1.29 is 4.39 Å². The Bertz CT molecular complexity index is 532. The normalized spacial score (nSPS) is 16.4. The Hall–Kier alpha value is -2.08. The molecule has 0 unspecified atom stereocenters. The molecule has 1 saturated heterocycles. The molecular formula is C17H26FN5. The second-order valence-electron chi connectivity index (χ2n) is 5.89. The van der Waals surface area contributed by atoms with E-state index in [4.69, 9.17) is 5.73 Å². The Morgan fingerprint density at radius 1 is 1.26 bits per heavy atom. The smallest absolute Gasteiger partial charge is 0.188 e. The molecule has 0 spiro atoms. The van der Waals surface area contributed by atoms with Gasteiger partial charge in [-0.3, -0.25) is 4.90 Å². The molecule has 0 aliphatic carbocycles. The van der Waals surface area contributed by atoms with E-state index in [-0.39, 0.29) is 5.82 Å². The number of rotatable bonds is 6. The number of anilines is 1. The fourth-order valence-electron chi connectivity index (χ4n) is 2.50. The van der Waals surface area contributed by atoms with Crippen LogP contribution in [0.2, 0.25) is 0 Å². The average molecular weight is 319 g/mol. The zero-order valence-corrected chi connectivity index (χ0v) is 13.8. The summed E-state index contributed by atoms with van der Waals surface area (Å²) in [6.07, 6.45) is 0. The van der Waals surface area contributed by atoms with Crippen molar-refractivity contribution >= 4 is 11.6 Å². The Morgan fingerprint density at radius 3 is 2.52 bits per heavy atom. The van der Waals surface area contributed by atoms with Crippen molar-refractivity contribution in [2.75, 3.05) is 50.7 Å². The van der Waals surface area contributed by atoms with Crippen LogP contribution in [0.3, 0.4) is 0 Å². The van der Waals surface area contributed by atoms with Crippen LogP contribution in [-0.2, 0) is 0 Å². The molecule has 0 aromatic heterocycles. The molecule has 0 amide bonds. The minimum atomic E-state index is -0.190. The van der Waals surface area contributed by atoms with Gasteiger partial charge in [-0.1, -0.05) is 12.2 Å². The molecule has 1 aliphatic heterocycles. The van der Waals surface area contributed by atoms with Crippen LogP contribution in [0.15, 0.2) is 41.4 Å². The molecule has 3 N–H and O–H groups in total. The monoisotopic (exact) mass is 319 g/mol. The maximum atomic E-state index is 13.0. The lowest BCUT2D eigenvalue weighted by Gasteiger charge is -2.36. The number of nitrogens with two attached hydrogens (primary N) is 1. The molecule has 5 nitrogen and oxygen atoms in total. The van der Waals surface area contributed by atoms with Gasteiger partial charge in [0.2, 0.25) is 0 Å². The van der Waals surface area contributed by atoms with Gasteiger partial charge in [0.1, 0.15) is 5.82 Å². The van der Waals surface area contributed by atoms with E-state index >= 15 is 0 Å². The van der Waals surface area contributed by atoms with Gasteiger partial charge in [0.15, 0.2) is 5.96 Å². The van der Waals surface area contributed by atoms with E-state index in [1.54, 1.807) is 0 Å². The van der Waals surface area contributed by atoms with Crippen molar-refractivity contribution in [2.45, 2.75) is 6.92 Å². The van der Waals surface area contributed by atoms with Gasteiger partial charge in [-0.2, -0.15) is 0 Å². The summed E-state index contributed by atoms with van der Waals surface area (Å²) >= 11 is 0. The van der Waals surface area contributed by atoms with E-state index in [1.807, 2.05) is 19.1 Å². The first-order chi connectivity index (χ1) is 11.0. The number of piperazine rings is 1. The van der Waals surface area contributed by atoms with Gasteiger partial charge in [0, 0.05) is 45.0 Å². The lowest BCUT2D eigenvalue weighted by atomic mass is 10.2. The van der Waals surface area contributed by atoms with Crippen molar-refractivity contribution in [3.8, 4) is 0 Å². The van der Waals surface area contributed by atoms with Gasteiger partial charge >= 0.3 is 0 Å². The number of hydrogen-bond donors (Lipinski definition) is 2. The zero-order valence-electron chi connectivity index (χ0n) is 13.8. The highest BCUT2D eigenvalue weighted by Gasteiger charge is 2.16. The summed E-state index contributed by atoms with van der Waals surface area (Å²) in [4.78, 5) is 8.86. The van der Waals surface area contributed by atoms with Gasteiger partial charge in [-0.15, -0.1) is 0 Å². The van der Waals surface area contributed by atoms with Crippen LogP contribution in [0.4, 0.5) is 10.1 Å². The SMILES string of the molecule is C=C(C)CN=C(N)NCCN1CCN(c2ccc(F)cc2)CC1. The summed E-state index contributed by atoms with van der Waals surface area (Å²) < 4.78 is 13.0. The molecule has 0 saturated carbocycles. The van der Waals surface area contributed by atoms with Crippen molar-refractivity contribution in [3.05, 3.63) is 42.2 Å². The summed E-state index contributed by atoms with van der Waals surface area (Å²) in [7, 11) is 0. The number of nitrogens with one attached hydrogen (secondary N) is 1. The highest BCUT2D eigenvalue weighted by atomic mass is 19.1. The zero-order chi connectivity index (χ0) is 16.7. The quantitative estimate of drug-likeness (QED) is 0.473. The molecular weight excluding hydrogens is 293 g/mol. The third-order valence-corrected chi connectivity index (χ3v) is 3.82. The molecule has 6 heteroatoms. The topological polar surface area (TPSA) is 56.9 Å². The van der Waals surface area contributed by atoms with Gasteiger partial charge < -0.3 is 16.0 Å². The van der Waals surface area contributed by atoms with E-state index in [0.717, 1.165) is 50.5 Å². The van der Waals surface area contributed by atoms with Crippen molar-refractivity contribution in [1.82, 2.24) is 10.2 Å². The van der Waals surface area contributed by atoms with Crippen LogP contribution in [0, 0.1) is 5.82 Å². The number of nitrogens with zero attached hydrogens (tertiary/aromatic N) is 3. The first-order valence-electron chi connectivity index (χ1n) is 7.95. The van der Waals surface area contributed by atoms with E-state index in [1.165, 1.54) is 12.1 Å². The number of benzene rings is 1. The fourth-order valence-corrected chi connectivity index (χ4v) is 2.50. The second kappa shape index (κ2) is 8.53. The molecule has 23 heavy (non-hydrogen) atoms. The predicted molar refractivity (Wildman–Crippen MR) is 94.4 cm³/mol. The molecule has 0 atom stereocenters. The summed E-state index contributed by atoms with van der Waals surface area (Å²) in [5.41, 5.74) is 7.86. The highest BCUT2D eigenvalue weighted by Crippen LogP contribution is 2.16. The van der Waals surface area contributed by atoms with Crippen LogP contribution in [0.5, 0.6) is 0 Å². The first kappa shape index (κ1) is 17.3. The van der Waals surface area contributed by atoms with Gasteiger partial charge in [0.05, 0.1) is 6.54 Å². The lowest BCUT2D eigenvalue weighted by Crippen LogP contribution is -2.49. The first-order valence-corrected chi connectivity index (χ1v) is 7.95. The molecule has 126 valence electrons. The summed E-state index contributed by atoms with van der Waals surface area (Å²) in [6, 6.07) is 6.70. The Balaban J connectivity index is 1.68. The molecule has 1 aliphatic rings. The molecule has 0 radical (unpaired) electrons.